The van der Waals surface area contributed by atoms with Crippen molar-refractivity contribution in [3.8, 4) is 5.75 Å². The van der Waals surface area contributed by atoms with Gasteiger partial charge in [-0.25, -0.2) is 4.98 Å². The van der Waals surface area contributed by atoms with Crippen molar-refractivity contribution in [3.05, 3.63) is 18.0 Å². The van der Waals surface area contributed by atoms with Crippen LogP contribution in [-0.2, 0) is 7.05 Å². The van der Waals surface area contributed by atoms with Gasteiger partial charge in [-0.1, -0.05) is 0 Å². The van der Waals surface area contributed by atoms with Crippen molar-refractivity contribution in [2.24, 2.45) is 7.05 Å². The summed E-state index contributed by atoms with van der Waals surface area (Å²) in [5.41, 5.74) is 8.39. The third kappa shape index (κ3) is 1.11. The number of hydrogen-bond donors (Lipinski definition) is 1. The van der Waals surface area contributed by atoms with Gasteiger partial charge >= 0.3 is 0 Å². The summed E-state index contributed by atoms with van der Waals surface area (Å²) in [6, 6.07) is 3.74. The van der Waals surface area contributed by atoms with E-state index in [9.17, 15) is 0 Å². The molecule has 0 saturated heterocycles. The predicted octanol–water partition coefficient (Wildman–Crippen LogP) is 1.47. The third-order valence-electron chi connectivity index (χ3n) is 2.46. The lowest BCUT2D eigenvalue weighted by molar-refractivity contribution is 0.417. The van der Waals surface area contributed by atoms with Crippen LogP contribution in [0.25, 0.3) is 11.0 Å². The Morgan fingerprint density at radius 1 is 1.43 bits per heavy atom. The minimum absolute atomic E-state index is 0.642. The second-order valence-corrected chi connectivity index (χ2v) is 3.30. The molecule has 4 heteroatoms. The van der Waals surface area contributed by atoms with Crippen molar-refractivity contribution < 1.29 is 4.74 Å². The molecule has 14 heavy (non-hydrogen) atoms. The maximum absolute atomic E-state index is 5.81. The Morgan fingerprint density at radius 3 is 2.79 bits per heavy atom. The van der Waals surface area contributed by atoms with Crippen molar-refractivity contribution >= 4 is 16.7 Å². The number of anilines is 1. The average Bonchev–Trinajstić information content (AvgIpc) is 2.43. The van der Waals surface area contributed by atoms with Gasteiger partial charge in [0.2, 0.25) is 0 Å². The molecule has 0 saturated carbocycles. The van der Waals surface area contributed by atoms with Crippen LogP contribution in [0.4, 0.5) is 5.69 Å². The molecule has 2 aromatic rings. The molecule has 0 aliphatic heterocycles. The topological polar surface area (TPSA) is 53.1 Å². The molecular formula is C10H13N3O. The zero-order chi connectivity index (χ0) is 10.3. The van der Waals surface area contributed by atoms with E-state index in [0.717, 1.165) is 16.9 Å². The Balaban J connectivity index is 2.79. The fraction of sp³-hybridized carbons (Fsp3) is 0.300. The Morgan fingerprint density at radius 2 is 2.14 bits per heavy atom. The van der Waals surface area contributed by atoms with E-state index in [-0.39, 0.29) is 0 Å². The number of rotatable bonds is 1. The lowest BCUT2D eigenvalue weighted by Crippen LogP contribution is -1.94. The van der Waals surface area contributed by atoms with Crippen molar-refractivity contribution in [3.63, 3.8) is 0 Å². The van der Waals surface area contributed by atoms with Crippen LogP contribution in [0, 0.1) is 6.92 Å². The molecule has 0 spiro atoms. The second kappa shape index (κ2) is 2.90. The van der Waals surface area contributed by atoms with Gasteiger partial charge in [0.1, 0.15) is 11.6 Å². The number of aryl methyl sites for hydroxylation is 2. The Kier molecular flexibility index (Phi) is 1.84. The number of methoxy groups -OCH3 is 1. The summed E-state index contributed by atoms with van der Waals surface area (Å²) in [6.45, 7) is 1.96. The quantitative estimate of drug-likeness (QED) is 0.694. The summed E-state index contributed by atoms with van der Waals surface area (Å²) in [6.07, 6.45) is 0. The number of nitrogens with two attached hydrogens (primary N) is 1. The molecule has 0 aliphatic rings. The molecule has 0 amide bonds. The number of nitrogen functional groups attached to an aromatic ring is 1. The number of ether oxygens (including phenoxy) is 1. The van der Waals surface area contributed by atoms with E-state index in [4.69, 9.17) is 10.5 Å². The highest BCUT2D eigenvalue weighted by atomic mass is 16.5. The molecule has 74 valence electrons. The van der Waals surface area contributed by atoms with Gasteiger partial charge in [0.15, 0.2) is 0 Å². The van der Waals surface area contributed by atoms with E-state index in [1.807, 2.05) is 30.7 Å². The molecular weight excluding hydrogens is 178 g/mol. The SMILES string of the molecule is COc1cc2nc(C)n(C)c2cc1N. The number of nitrogens with zero attached hydrogens (tertiary/aromatic N) is 2. The zero-order valence-corrected chi connectivity index (χ0v) is 8.53. The fourth-order valence-corrected chi connectivity index (χ4v) is 1.53. The normalized spacial score (nSPS) is 10.8. The highest BCUT2D eigenvalue weighted by Gasteiger charge is 2.08. The highest BCUT2D eigenvalue weighted by molar-refractivity contribution is 5.83. The van der Waals surface area contributed by atoms with Crippen LogP contribution in [0.3, 0.4) is 0 Å². The van der Waals surface area contributed by atoms with Crippen LogP contribution in [0.2, 0.25) is 0 Å². The Bertz CT molecular complexity index is 488. The van der Waals surface area contributed by atoms with Gasteiger partial charge in [-0.3, -0.25) is 0 Å². The Labute approximate surface area is 82.3 Å². The number of fused-ring (bicyclic) bond motifs is 1. The summed E-state index contributed by atoms with van der Waals surface area (Å²) in [4.78, 5) is 4.39. The molecule has 0 fully saturated rings. The maximum atomic E-state index is 5.81. The summed E-state index contributed by atoms with van der Waals surface area (Å²) < 4.78 is 7.13. The predicted molar refractivity (Wildman–Crippen MR) is 56.4 cm³/mol. The smallest absolute Gasteiger partial charge is 0.144 e. The molecule has 0 atom stereocenters. The number of aromatic nitrogens is 2. The lowest BCUT2D eigenvalue weighted by atomic mass is 10.2. The molecule has 1 aromatic heterocycles. The number of hydrogen-bond acceptors (Lipinski definition) is 3. The molecule has 1 heterocycles. The van der Waals surface area contributed by atoms with Gasteiger partial charge in [0.05, 0.1) is 23.8 Å². The van der Waals surface area contributed by atoms with E-state index in [0.29, 0.717) is 11.4 Å². The molecule has 0 radical (unpaired) electrons. The maximum Gasteiger partial charge on any atom is 0.144 e. The van der Waals surface area contributed by atoms with E-state index in [1.165, 1.54) is 0 Å². The first-order valence-electron chi connectivity index (χ1n) is 4.40. The average molecular weight is 191 g/mol. The number of benzene rings is 1. The van der Waals surface area contributed by atoms with Gasteiger partial charge < -0.3 is 15.0 Å². The summed E-state index contributed by atoms with van der Waals surface area (Å²) >= 11 is 0. The molecule has 0 bridgehead atoms. The largest absolute Gasteiger partial charge is 0.495 e. The summed E-state index contributed by atoms with van der Waals surface area (Å²) in [5, 5.41) is 0. The first kappa shape index (κ1) is 8.87. The Hall–Kier alpha value is -1.71. The van der Waals surface area contributed by atoms with Crippen LogP contribution in [0.1, 0.15) is 5.82 Å². The molecule has 1 aromatic carbocycles. The van der Waals surface area contributed by atoms with Crippen LogP contribution in [0.15, 0.2) is 12.1 Å². The van der Waals surface area contributed by atoms with E-state index in [2.05, 4.69) is 4.98 Å². The molecule has 2 rings (SSSR count). The zero-order valence-electron chi connectivity index (χ0n) is 8.53. The fourth-order valence-electron chi connectivity index (χ4n) is 1.53. The summed E-state index contributed by atoms with van der Waals surface area (Å²) in [5.74, 6) is 1.64. The number of imidazole rings is 1. The van der Waals surface area contributed by atoms with Crippen molar-refractivity contribution in [2.75, 3.05) is 12.8 Å². The van der Waals surface area contributed by atoms with Crippen LogP contribution in [0.5, 0.6) is 5.75 Å². The van der Waals surface area contributed by atoms with Crippen LogP contribution >= 0.6 is 0 Å². The van der Waals surface area contributed by atoms with Gasteiger partial charge in [-0.15, -0.1) is 0 Å². The monoisotopic (exact) mass is 191 g/mol. The van der Waals surface area contributed by atoms with Crippen molar-refractivity contribution in [2.45, 2.75) is 6.92 Å². The van der Waals surface area contributed by atoms with Gasteiger partial charge in [-0.2, -0.15) is 0 Å². The summed E-state index contributed by atoms with van der Waals surface area (Å²) in [7, 11) is 3.57. The third-order valence-corrected chi connectivity index (χ3v) is 2.46. The first-order chi connectivity index (χ1) is 6.63. The van der Waals surface area contributed by atoms with Crippen molar-refractivity contribution in [1.82, 2.24) is 9.55 Å². The van der Waals surface area contributed by atoms with E-state index in [1.54, 1.807) is 7.11 Å². The molecule has 2 N–H and O–H groups in total. The first-order valence-corrected chi connectivity index (χ1v) is 4.40. The van der Waals surface area contributed by atoms with Gasteiger partial charge in [0, 0.05) is 13.1 Å². The molecule has 4 nitrogen and oxygen atoms in total. The van der Waals surface area contributed by atoms with Gasteiger partial charge in [0.25, 0.3) is 0 Å². The van der Waals surface area contributed by atoms with E-state index >= 15 is 0 Å². The van der Waals surface area contributed by atoms with Gasteiger partial charge in [-0.05, 0) is 13.0 Å². The highest BCUT2D eigenvalue weighted by Crippen LogP contribution is 2.27. The van der Waals surface area contributed by atoms with Crippen LogP contribution < -0.4 is 10.5 Å². The lowest BCUT2D eigenvalue weighted by Gasteiger charge is -2.04. The van der Waals surface area contributed by atoms with Crippen molar-refractivity contribution in [1.29, 1.82) is 0 Å². The standard InChI is InChI=1S/C10H13N3O/c1-6-12-8-5-10(14-3)7(11)4-9(8)13(6)2/h4-5H,11H2,1-3H3. The molecule has 0 aliphatic carbocycles. The van der Waals surface area contributed by atoms with E-state index < -0.39 is 0 Å². The minimum Gasteiger partial charge on any atom is -0.495 e. The second-order valence-electron chi connectivity index (χ2n) is 3.30. The van der Waals surface area contributed by atoms with Crippen LogP contribution in [-0.4, -0.2) is 16.7 Å². The minimum atomic E-state index is 0.642. The molecule has 0 unspecified atom stereocenters.